The molecule has 1 rings (SSSR count). The molecule has 0 aromatic heterocycles. The molecule has 1 unspecified atom stereocenters. The second-order valence-corrected chi connectivity index (χ2v) is 6.96. The first-order chi connectivity index (χ1) is 11.8. The van der Waals surface area contributed by atoms with Crippen molar-refractivity contribution < 1.29 is 43.6 Å². The van der Waals surface area contributed by atoms with Crippen LogP contribution in [0.2, 0.25) is 0 Å². The van der Waals surface area contributed by atoms with Crippen molar-refractivity contribution in [2.45, 2.75) is 18.4 Å². The van der Waals surface area contributed by atoms with Crippen LogP contribution < -0.4 is 0 Å². The van der Waals surface area contributed by atoms with Gasteiger partial charge in [0.1, 0.15) is 0 Å². The van der Waals surface area contributed by atoms with E-state index in [0.29, 0.717) is 0 Å². The van der Waals surface area contributed by atoms with Gasteiger partial charge in [-0.05, 0) is 0 Å². The van der Waals surface area contributed by atoms with E-state index < -0.39 is 35.2 Å². The van der Waals surface area contributed by atoms with Crippen LogP contribution in [0.4, 0.5) is 0 Å². The second kappa shape index (κ2) is 9.56. The third-order valence-corrected chi connectivity index (χ3v) is 5.47. The number of carbonyl (C=O) groups is 4. The van der Waals surface area contributed by atoms with Crippen molar-refractivity contribution >= 4 is 47.4 Å². The molecule has 0 aliphatic carbocycles. The summed E-state index contributed by atoms with van der Waals surface area (Å²) in [4.78, 5) is 45.5. The summed E-state index contributed by atoms with van der Waals surface area (Å²) in [6.45, 7) is 0. The SMILES string of the molecule is COC(=O)CCSCC1(C(=O)O)OC(=O)C(O)=C1SCCC(=O)OC. The molecule has 0 saturated heterocycles. The Labute approximate surface area is 152 Å². The minimum atomic E-state index is -2.05. The van der Waals surface area contributed by atoms with E-state index in [1.807, 2.05) is 0 Å². The predicted molar refractivity (Wildman–Crippen MR) is 89.2 cm³/mol. The second-order valence-electron chi connectivity index (χ2n) is 4.75. The first-order valence-electron chi connectivity index (χ1n) is 7.03. The van der Waals surface area contributed by atoms with Crippen LogP contribution in [0.25, 0.3) is 0 Å². The maximum Gasteiger partial charge on any atom is 0.375 e. The summed E-state index contributed by atoms with van der Waals surface area (Å²) in [5.41, 5.74) is -2.05. The quantitative estimate of drug-likeness (QED) is 0.308. The molecule has 9 nitrogen and oxygen atoms in total. The molecule has 25 heavy (non-hydrogen) atoms. The normalized spacial score (nSPS) is 19.5. The lowest BCUT2D eigenvalue weighted by molar-refractivity contribution is -0.165. The predicted octanol–water partition coefficient (Wildman–Crippen LogP) is 0.729. The first-order valence-corrected chi connectivity index (χ1v) is 9.17. The topological polar surface area (TPSA) is 136 Å². The van der Waals surface area contributed by atoms with Crippen molar-refractivity contribution in [1.29, 1.82) is 0 Å². The van der Waals surface area contributed by atoms with E-state index in [4.69, 9.17) is 4.74 Å². The molecule has 1 atom stereocenters. The van der Waals surface area contributed by atoms with Gasteiger partial charge in [0, 0.05) is 17.3 Å². The van der Waals surface area contributed by atoms with Gasteiger partial charge < -0.3 is 24.4 Å². The van der Waals surface area contributed by atoms with Crippen molar-refractivity contribution in [3.8, 4) is 0 Å². The lowest BCUT2D eigenvalue weighted by Gasteiger charge is -2.25. The molecule has 0 aromatic carbocycles. The third-order valence-electron chi connectivity index (χ3n) is 3.15. The zero-order valence-electron chi connectivity index (χ0n) is 13.6. The fourth-order valence-electron chi connectivity index (χ4n) is 1.83. The Hall–Kier alpha value is -1.88. The highest BCUT2D eigenvalue weighted by molar-refractivity contribution is 8.03. The number of ether oxygens (including phenoxy) is 3. The summed E-state index contributed by atoms with van der Waals surface area (Å²) in [6, 6.07) is 0. The smallest absolute Gasteiger partial charge is 0.375 e. The van der Waals surface area contributed by atoms with Crippen molar-refractivity contribution in [2.75, 3.05) is 31.5 Å². The minimum absolute atomic E-state index is 0.0304. The van der Waals surface area contributed by atoms with Gasteiger partial charge in [0.15, 0.2) is 0 Å². The van der Waals surface area contributed by atoms with Gasteiger partial charge in [-0.25, -0.2) is 9.59 Å². The molecule has 0 fully saturated rings. The van der Waals surface area contributed by atoms with Crippen LogP contribution in [0.5, 0.6) is 0 Å². The number of aliphatic hydroxyl groups is 1. The molecule has 0 amide bonds. The maximum absolute atomic E-state index is 11.7. The van der Waals surface area contributed by atoms with Gasteiger partial charge in [-0.2, -0.15) is 11.8 Å². The average Bonchev–Trinajstić information content (AvgIpc) is 2.83. The maximum atomic E-state index is 11.7. The molecule has 11 heteroatoms. The summed E-state index contributed by atoms with van der Waals surface area (Å²) in [6.07, 6.45) is 0.0304. The Balaban J connectivity index is 2.83. The highest BCUT2D eigenvalue weighted by Crippen LogP contribution is 2.42. The number of cyclic esters (lactones) is 1. The summed E-state index contributed by atoms with van der Waals surface area (Å²) in [5.74, 6) is -4.18. The molecular weight excluding hydrogens is 376 g/mol. The molecule has 2 N–H and O–H groups in total. The van der Waals surface area contributed by atoms with Crippen LogP contribution >= 0.6 is 23.5 Å². The monoisotopic (exact) mass is 394 g/mol. The molecule has 0 saturated carbocycles. The van der Waals surface area contributed by atoms with Crippen LogP contribution in [0, 0.1) is 0 Å². The molecule has 1 heterocycles. The number of methoxy groups -OCH3 is 2. The van der Waals surface area contributed by atoms with Crippen LogP contribution in [-0.4, -0.2) is 71.2 Å². The minimum Gasteiger partial charge on any atom is -0.501 e. The number of hydrogen-bond donors (Lipinski definition) is 2. The van der Waals surface area contributed by atoms with Gasteiger partial charge in [-0.15, -0.1) is 11.8 Å². The molecule has 1 aliphatic heterocycles. The van der Waals surface area contributed by atoms with E-state index in [0.717, 1.165) is 23.5 Å². The summed E-state index contributed by atoms with van der Waals surface area (Å²) in [5, 5.41) is 19.4. The lowest BCUT2D eigenvalue weighted by Crippen LogP contribution is -2.43. The van der Waals surface area contributed by atoms with E-state index in [1.165, 1.54) is 14.2 Å². The number of esters is 3. The fraction of sp³-hybridized carbons (Fsp3) is 0.571. The Kier molecular flexibility index (Phi) is 8.10. The molecular formula is C14H18O9S2. The van der Waals surface area contributed by atoms with Crippen LogP contribution in [0.1, 0.15) is 12.8 Å². The van der Waals surface area contributed by atoms with Gasteiger partial charge in [0.2, 0.25) is 5.76 Å². The summed E-state index contributed by atoms with van der Waals surface area (Å²) in [7, 11) is 2.45. The van der Waals surface area contributed by atoms with Crippen LogP contribution in [-0.2, 0) is 33.4 Å². The largest absolute Gasteiger partial charge is 0.501 e. The van der Waals surface area contributed by atoms with E-state index >= 15 is 0 Å². The Morgan fingerprint density at radius 2 is 1.68 bits per heavy atom. The van der Waals surface area contributed by atoms with Gasteiger partial charge in [-0.3, -0.25) is 9.59 Å². The van der Waals surface area contributed by atoms with Gasteiger partial charge in [-0.1, -0.05) is 0 Å². The van der Waals surface area contributed by atoms with Gasteiger partial charge in [0.25, 0.3) is 5.60 Å². The van der Waals surface area contributed by atoms with Crippen molar-refractivity contribution in [3.63, 3.8) is 0 Å². The number of carboxylic acids is 1. The zero-order valence-corrected chi connectivity index (χ0v) is 15.2. The van der Waals surface area contributed by atoms with E-state index in [2.05, 4.69) is 9.47 Å². The standard InChI is InChI=1S/C14H18O9S2/c1-21-8(15)3-5-24-7-14(13(19)20)11(10(17)12(18)23-14)25-6-4-9(16)22-2/h17H,3-7H2,1-2H3,(H,19,20). The first kappa shape index (κ1) is 21.2. The molecule has 0 spiro atoms. The Morgan fingerprint density at radius 1 is 1.12 bits per heavy atom. The number of thioether (sulfide) groups is 2. The lowest BCUT2D eigenvalue weighted by atomic mass is 10.1. The van der Waals surface area contributed by atoms with E-state index in [1.54, 1.807) is 0 Å². The summed E-state index contributed by atoms with van der Waals surface area (Å²) < 4.78 is 13.9. The van der Waals surface area contributed by atoms with Crippen molar-refractivity contribution in [3.05, 3.63) is 10.7 Å². The fourth-order valence-corrected chi connectivity index (χ4v) is 4.12. The average molecular weight is 394 g/mol. The molecule has 0 aromatic rings. The molecule has 1 aliphatic rings. The summed E-state index contributed by atoms with van der Waals surface area (Å²) >= 11 is 1.91. The molecule has 0 radical (unpaired) electrons. The Morgan fingerprint density at radius 3 is 2.20 bits per heavy atom. The van der Waals surface area contributed by atoms with Gasteiger partial charge >= 0.3 is 23.9 Å². The van der Waals surface area contributed by atoms with E-state index in [-0.39, 0.29) is 35.0 Å². The number of aliphatic carboxylic acids is 1. The number of hydrogen-bond acceptors (Lipinski definition) is 10. The third kappa shape index (κ3) is 5.30. The van der Waals surface area contributed by atoms with Crippen LogP contribution in [0.3, 0.4) is 0 Å². The van der Waals surface area contributed by atoms with E-state index in [9.17, 15) is 29.4 Å². The molecule has 140 valence electrons. The number of aliphatic hydroxyl groups excluding tert-OH is 1. The van der Waals surface area contributed by atoms with Crippen molar-refractivity contribution in [2.24, 2.45) is 0 Å². The number of carboxylic acid groups (broad SMARTS) is 1. The highest BCUT2D eigenvalue weighted by Gasteiger charge is 2.54. The van der Waals surface area contributed by atoms with Crippen LogP contribution in [0.15, 0.2) is 10.7 Å². The Bertz CT molecular complexity index is 587. The highest BCUT2D eigenvalue weighted by atomic mass is 32.2. The van der Waals surface area contributed by atoms with Crippen molar-refractivity contribution in [1.82, 2.24) is 0 Å². The molecule has 0 bridgehead atoms. The zero-order chi connectivity index (χ0) is 19.0. The number of carbonyl (C=O) groups excluding carboxylic acids is 3. The van der Waals surface area contributed by atoms with Gasteiger partial charge in [0.05, 0.1) is 32.0 Å². The number of rotatable bonds is 10.